The maximum atomic E-state index is 12.7. The third-order valence-corrected chi connectivity index (χ3v) is 12.0. The van der Waals surface area contributed by atoms with E-state index in [-0.39, 0.29) is 32.6 Å². The van der Waals surface area contributed by atoms with Crippen LogP contribution in [0.3, 0.4) is 0 Å². The average Bonchev–Trinajstić information content (AvgIpc) is 3.32. The summed E-state index contributed by atoms with van der Waals surface area (Å²) in [6.45, 7) is 3.58. The zero-order chi connectivity index (χ0) is 48.8. The second kappa shape index (κ2) is 52.3. The third kappa shape index (κ3) is 52.2. The fraction of sp³-hybridized carbons (Fsp3) is 0.684. The number of esters is 2. The molecule has 0 saturated carbocycles. The van der Waals surface area contributed by atoms with E-state index < -0.39 is 32.5 Å². The van der Waals surface area contributed by atoms with Crippen LogP contribution in [0.5, 0.6) is 0 Å². The van der Waals surface area contributed by atoms with Gasteiger partial charge in [0.05, 0.1) is 13.2 Å². The second-order valence-corrected chi connectivity index (χ2v) is 18.8. The van der Waals surface area contributed by atoms with Crippen molar-refractivity contribution < 1.29 is 37.6 Å². The van der Waals surface area contributed by atoms with E-state index in [4.69, 9.17) is 24.3 Å². The molecule has 0 aromatic rings. The SMILES string of the molecule is CC/C=C\C/C=C\C/C=C\C/C=C\C/C=C\C/C=C\C/C=C\C/C=C\CCCCC(=O)OC(COC(=O)CCCCCCCCCCCCCCCCCCCCC)COP(=O)(O)OCCN. The number of rotatable bonds is 49. The van der Waals surface area contributed by atoms with Crippen LogP contribution in [0.4, 0.5) is 0 Å². The van der Waals surface area contributed by atoms with Crippen LogP contribution in [0.15, 0.2) is 97.2 Å². The van der Waals surface area contributed by atoms with Crippen molar-refractivity contribution in [2.75, 3.05) is 26.4 Å². The number of carbonyl (C=O) groups excluding carboxylic acids is 2. The molecular weight excluding hydrogens is 858 g/mol. The molecule has 0 radical (unpaired) electrons. The van der Waals surface area contributed by atoms with E-state index in [1.54, 1.807) is 0 Å². The molecule has 0 saturated heterocycles. The first kappa shape index (κ1) is 63.9. The van der Waals surface area contributed by atoms with Gasteiger partial charge in [-0.05, 0) is 77.0 Å². The quantitative estimate of drug-likeness (QED) is 0.0264. The first-order valence-electron chi connectivity index (χ1n) is 26.7. The standard InChI is InChI=1S/C57H98NO8P/c1-3-5-7-9-11-13-15-17-19-21-23-24-25-26-27-28-29-30-32-34-36-38-40-42-44-46-48-50-57(60)66-55(54-65-67(61,62)64-52-51-58)53-63-56(59)49-47-45-43-41-39-37-35-33-31-22-20-18-16-14-12-10-8-6-4-2/h5,7,11,13,17,19,23-24,26-27,29-30,34,36,40,42,55H,3-4,6,8-10,12,14-16,18,20-22,25,28,31-33,35,37-39,41,43-54,58H2,1-2H3,(H,61,62)/b7-5-,13-11-,19-17-,24-23-,27-26-,30-29-,36-34-,42-40-. The van der Waals surface area contributed by atoms with Crippen LogP contribution in [0, 0.1) is 0 Å². The lowest BCUT2D eigenvalue weighted by molar-refractivity contribution is -0.161. The van der Waals surface area contributed by atoms with Gasteiger partial charge in [0.2, 0.25) is 0 Å². The maximum absolute atomic E-state index is 12.7. The smallest absolute Gasteiger partial charge is 0.462 e. The molecule has 0 spiro atoms. The fourth-order valence-corrected chi connectivity index (χ4v) is 7.83. The minimum Gasteiger partial charge on any atom is -0.462 e. The highest BCUT2D eigenvalue weighted by Crippen LogP contribution is 2.43. The molecule has 0 rings (SSSR count). The minimum absolute atomic E-state index is 0.0420. The van der Waals surface area contributed by atoms with Crippen molar-refractivity contribution in [2.45, 2.75) is 225 Å². The summed E-state index contributed by atoms with van der Waals surface area (Å²) in [5.74, 6) is -0.879. The average molecular weight is 956 g/mol. The molecule has 0 aromatic carbocycles. The number of unbranched alkanes of at least 4 members (excludes halogenated alkanes) is 20. The highest BCUT2D eigenvalue weighted by Gasteiger charge is 2.26. The lowest BCUT2D eigenvalue weighted by Gasteiger charge is -2.19. The molecule has 0 heterocycles. The summed E-state index contributed by atoms with van der Waals surface area (Å²) in [7, 11) is -4.40. The second-order valence-electron chi connectivity index (χ2n) is 17.4. The minimum atomic E-state index is -4.40. The number of hydrogen-bond donors (Lipinski definition) is 2. The Morgan fingerprint density at radius 1 is 0.463 bits per heavy atom. The third-order valence-electron chi connectivity index (χ3n) is 11.0. The summed E-state index contributed by atoms with van der Waals surface area (Å²) in [4.78, 5) is 35.1. The monoisotopic (exact) mass is 956 g/mol. The number of carbonyl (C=O) groups is 2. The summed E-state index contributed by atoms with van der Waals surface area (Å²) in [6, 6.07) is 0. The molecule has 0 bridgehead atoms. The normalized spacial score (nSPS) is 13.9. The van der Waals surface area contributed by atoms with Gasteiger partial charge in [-0.25, -0.2) is 4.57 Å². The van der Waals surface area contributed by atoms with E-state index in [9.17, 15) is 19.0 Å². The van der Waals surface area contributed by atoms with Gasteiger partial charge in [0.15, 0.2) is 6.10 Å². The van der Waals surface area contributed by atoms with Crippen LogP contribution in [-0.4, -0.2) is 49.3 Å². The molecular formula is C57H98NO8P. The zero-order valence-corrected chi connectivity index (χ0v) is 43.5. The predicted molar refractivity (Wildman–Crippen MR) is 284 cm³/mol. The molecule has 3 N–H and O–H groups in total. The molecule has 2 atom stereocenters. The predicted octanol–water partition coefficient (Wildman–Crippen LogP) is 16.5. The van der Waals surface area contributed by atoms with Crippen LogP contribution >= 0.6 is 7.82 Å². The molecule has 0 amide bonds. The topological polar surface area (TPSA) is 134 Å². The lowest BCUT2D eigenvalue weighted by atomic mass is 10.0. The number of allylic oxidation sites excluding steroid dienone is 16. The van der Waals surface area contributed by atoms with E-state index in [1.165, 1.54) is 103 Å². The molecule has 9 nitrogen and oxygen atoms in total. The van der Waals surface area contributed by atoms with Crippen molar-refractivity contribution in [3.05, 3.63) is 97.2 Å². The molecule has 384 valence electrons. The Morgan fingerprint density at radius 2 is 0.821 bits per heavy atom. The molecule has 2 unspecified atom stereocenters. The van der Waals surface area contributed by atoms with Crippen LogP contribution in [0.2, 0.25) is 0 Å². The van der Waals surface area contributed by atoms with Crippen molar-refractivity contribution in [2.24, 2.45) is 5.73 Å². The summed E-state index contributed by atoms with van der Waals surface area (Å²) in [6.07, 6.45) is 68.8. The Morgan fingerprint density at radius 3 is 1.22 bits per heavy atom. The van der Waals surface area contributed by atoms with Gasteiger partial charge in [-0.3, -0.25) is 18.6 Å². The van der Waals surface area contributed by atoms with Crippen molar-refractivity contribution in [3.63, 3.8) is 0 Å². The van der Waals surface area contributed by atoms with E-state index in [0.717, 1.165) is 83.5 Å². The van der Waals surface area contributed by atoms with Gasteiger partial charge in [-0.15, -0.1) is 0 Å². The van der Waals surface area contributed by atoms with Crippen molar-refractivity contribution in [1.82, 2.24) is 0 Å². The van der Waals surface area contributed by atoms with Gasteiger partial charge in [0, 0.05) is 19.4 Å². The Labute approximate surface area is 410 Å². The Kier molecular flexibility index (Phi) is 49.9. The van der Waals surface area contributed by atoms with Crippen LogP contribution in [-0.2, 0) is 32.7 Å². The Balaban J connectivity index is 4.15. The summed E-state index contributed by atoms with van der Waals surface area (Å²) in [5.41, 5.74) is 5.37. The van der Waals surface area contributed by atoms with Gasteiger partial charge >= 0.3 is 19.8 Å². The number of ether oxygens (including phenoxy) is 2. The number of nitrogens with two attached hydrogens (primary N) is 1. The van der Waals surface area contributed by atoms with Crippen LogP contribution in [0.1, 0.15) is 219 Å². The van der Waals surface area contributed by atoms with E-state index >= 15 is 0 Å². The van der Waals surface area contributed by atoms with Gasteiger partial charge < -0.3 is 20.1 Å². The maximum Gasteiger partial charge on any atom is 0.472 e. The summed E-state index contributed by atoms with van der Waals surface area (Å²) >= 11 is 0. The van der Waals surface area contributed by atoms with Gasteiger partial charge in [-0.1, -0.05) is 227 Å². The first-order valence-corrected chi connectivity index (χ1v) is 28.2. The largest absolute Gasteiger partial charge is 0.472 e. The molecule has 0 aliphatic rings. The van der Waals surface area contributed by atoms with Gasteiger partial charge in [0.25, 0.3) is 0 Å². The molecule has 0 fully saturated rings. The highest BCUT2D eigenvalue weighted by molar-refractivity contribution is 7.47. The van der Waals surface area contributed by atoms with Crippen molar-refractivity contribution >= 4 is 19.8 Å². The number of phosphoric ester groups is 1. The lowest BCUT2D eigenvalue weighted by Crippen LogP contribution is -2.29. The summed E-state index contributed by atoms with van der Waals surface area (Å²) in [5, 5.41) is 0. The van der Waals surface area contributed by atoms with E-state index in [1.807, 2.05) is 0 Å². The van der Waals surface area contributed by atoms with Crippen molar-refractivity contribution in [3.8, 4) is 0 Å². The molecule has 0 aliphatic carbocycles. The molecule has 67 heavy (non-hydrogen) atoms. The Bertz CT molecular complexity index is 1410. The van der Waals surface area contributed by atoms with Gasteiger partial charge in [0.1, 0.15) is 6.61 Å². The van der Waals surface area contributed by atoms with Crippen molar-refractivity contribution in [1.29, 1.82) is 0 Å². The molecule has 0 aromatic heterocycles. The zero-order valence-electron chi connectivity index (χ0n) is 42.6. The van der Waals surface area contributed by atoms with Gasteiger partial charge in [-0.2, -0.15) is 0 Å². The molecule has 0 aliphatic heterocycles. The number of phosphoric acid groups is 1. The van der Waals surface area contributed by atoms with Crippen LogP contribution < -0.4 is 5.73 Å². The van der Waals surface area contributed by atoms with E-state index in [2.05, 4.69) is 111 Å². The Hall–Kier alpha value is -3.07. The first-order chi connectivity index (χ1) is 32.8. The number of hydrogen-bond acceptors (Lipinski definition) is 8. The highest BCUT2D eigenvalue weighted by atomic mass is 31.2. The fourth-order valence-electron chi connectivity index (χ4n) is 7.06. The van der Waals surface area contributed by atoms with E-state index in [0.29, 0.717) is 6.42 Å². The summed E-state index contributed by atoms with van der Waals surface area (Å²) < 4.78 is 32.9. The molecule has 10 heteroatoms. The van der Waals surface area contributed by atoms with Crippen LogP contribution in [0.25, 0.3) is 0 Å².